The van der Waals surface area contributed by atoms with Crippen molar-refractivity contribution in [3.63, 3.8) is 0 Å². The van der Waals surface area contributed by atoms with Crippen molar-refractivity contribution in [2.24, 2.45) is 5.84 Å². The van der Waals surface area contributed by atoms with Crippen LogP contribution in [0.5, 0.6) is 0 Å². The number of anilines is 2. The summed E-state index contributed by atoms with van der Waals surface area (Å²) in [5.74, 6) is 7.72. The molecule has 0 spiro atoms. The van der Waals surface area contributed by atoms with Crippen molar-refractivity contribution in [2.75, 3.05) is 36.9 Å². The van der Waals surface area contributed by atoms with Crippen LogP contribution >= 0.6 is 0 Å². The zero-order valence-electron chi connectivity index (χ0n) is 14.0. The number of nitrogen functional groups attached to an aromatic ring is 1. The fourth-order valence-corrected chi connectivity index (χ4v) is 2.03. The van der Waals surface area contributed by atoms with E-state index in [-0.39, 0.29) is 5.41 Å². The van der Waals surface area contributed by atoms with E-state index in [9.17, 15) is 0 Å². The lowest BCUT2D eigenvalue weighted by atomic mass is 9.96. The van der Waals surface area contributed by atoms with Gasteiger partial charge in [-0.2, -0.15) is 0 Å². The highest BCUT2D eigenvalue weighted by atomic mass is 15.3. The summed E-state index contributed by atoms with van der Waals surface area (Å²) in [5.41, 5.74) is 2.50. The third-order valence-electron chi connectivity index (χ3n) is 3.27. The van der Waals surface area contributed by atoms with E-state index in [4.69, 9.17) is 5.84 Å². The van der Waals surface area contributed by atoms with Gasteiger partial charge < -0.3 is 15.6 Å². The predicted octanol–water partition coefficient (Wildman–Crippen LogP) is 2.20. The first-order valence-corrected chi connectivity index (χ1v) is 7.73. The van der Waals surface area contributed by atoms with Crippen LogP contribution in [0.1, 0.15) is 46.9 Å². The largest absolute Gasteiger partial charge is 0.369 e. The Morgan fingerprint density at radius 3 is 2.33 bits per heavy atom. The van der Waals surface area contributed by atoms with Gasteiger partial charge in [0.25, 0.3) is 0 Å². The van der Waals surface area contributed by atoms with Crippen molar-refractivity contribution < 1.29 is 0 Å². The molecule has 0 aromatic carbocycles. The Morgan fingerprint density at radius 2 is 1.81 bits per heavy atom. The zero-order valence-corrected chi connectivity index (χ0v) is 14.0. The van der Waals surface area contributed by atoms with Gasteiger partial charge in [0.1, 0.15) is 17.5 Å². The minimum atomic E-state index is -0.110. The normalized spacial score (nSPS) is 11.8. The van der Waals surface area contributed by atoms with Crippen LogP contribution in [0.4, 0.5) is 11.6 Å². The molecule has 0 atom stereocenters. The summed E-state index contributed by atoms with van der Waals surface area (Å²) >= 11 is 0. The number of hydrogen-bond acceptors (Lipinski definition) is 6. The van der Waals surface area contributed by atoms with Crippen LogP contribution in [0, 0.1) is 0 Å². The molecule has 0 fully saturated rings. The van der Waals surface area contributed by atoms with Crippen LogP contribution in [0.3, 0.4) is 0 Å². The number of hydrogen-bond donors (Lipinski definition) is 3. The van der Waals surface area contributed by atoms with Crippen molar-refractivity contribution in [1.29, 1.82) is 0 Å². The lowest BCUT2D eigenvalue weighted by Gasteiger charge is -2.21. The Hall–Kier alpha value is -1.40. The summed E-state index contributed by atoms with van der Waals surface area (Å²) in [6.45, 7) is 14.7. The average molecular weight is 294 g/mol. The first-order valence-electron chi connectivity index (χ1n) is 7.73. The molecule has 6 nitrogen and oxygen atoms in total. The van der Waals surface area contributed by atoms with Gasteiger partial charge in [-0.3, -0.25) is 0 Å². The summed E-state index contributed by atoms with van der Waals surface area (Å²) in [4.78, 5) is 11.4. The topological polar surface area (TPSA) is 79.1 Å². The van der Waals surface area contributed by atoms with Gasteiger partial charge in [-0.25, -0.2) is 15.8 Å². The maximum atomic E-state index is 5.49. The molecule has 1 rings (SSSR count). The Bertz CT molecular complexity index is 427. The van der Waals surface area contributed by atoms with Crippen LogP contribution < -0.4 is 16.6 Å². The first kappa shape index (κ1) is 17.7. The second-order valence-corrected chi connectivity index (χ2v) is 6.22. The van der Waals surface area contributed by atoms with Gasteiger partial charge in [-0.1, -0.05) is 34.6 Å². The van der Waals surface area contributed by atoms with Crippen LogP contribution in [0.25, 0.3) is 0 Å². The fourth-order valence-electron chi connectivity index (χ4n) is 2.03. The summed E-state index contributed by atoms with van der Waals surface area (Å²) in [6, 6.07) is 1.84. The molecule has 1 heterocycles. The molecule has 1 aromatic heterocycles. The SMILES string of the molecule is CCCN(CC)CCNc1cc(NN)nc(C(C)(C)C)n1. The molecule has 120 valence electrons. The van der Waals surface area contributed by atoms with Crippen molar-refractivity contribution in [1.82, 2.24) is 14.9 Å². The maximum Gasteiger partial charge on any atom is 0.145 e. The van der Waals surface area contributed by atoms with Crippen LogP contribution in [-0.4, -0.2) is 41.0 Å². The monoisotopic (exact) mass is 294 g/mol. The number of hydrazine groups is 1. The second kappa shape index (κ2) is 8.14. The van der Waals surface area contributed by atoms with E-state index in [1.54, 1.807) is 0 Å². The van der Waals surface area contributed by atoms with E-state index in [2.05, 4.69) is 60.2 Å². The molecule has 0 aliphatic heterocycles. The third-order valence-corrected chi connectivity index (χ3v) is 3.27. The average Bonchev–Trinajstić information content (AvgIpc) is 2.45. The number of rotatable bonds is 8. The van der Waals surface area contributed by atoms with Gasteiger partial charge in [0.05, 0.1) is 0 Å². The van der Waals surface area contributed by atoms with Gasteiger partial charge in [0, 0.05) is 24.6 Å². The van der Waals surface area contributed by atoms with Crippen molar-refractivity contribution >= 4 is 11.6 Å². The van der Waals surface area contributed by atoms with Gasteiger partial charge in [-0.15, -0.1) is 0 Å². The number of nitrogens with zero attached hydrogens (tertiary/aromatic N) is 3. The second-order valence-electron chi connectivity index (χ2n) is 6.22. The van der Waals surface area contributed by atoms with E-state index in [0.29, 0.717) is 5.82 Å². The van der Waals surface area contributed by atoms with Crippen LogP contribution in [0.2, 0.25) is 0 Å². The molecule has 0 aliphatic carbocycles. The number of nitrogens with two attached hydrogens (primary N) is 1. The quantitative estimate of drug-likeness (QED) is 0.504. The minimum Gasteiger partial charge on any atom is -0.369 e. The molecule has 4 N–H and O–H groups in total. The molecule has 1 aromatic rings. The molecule has 0 radical (unpaired) electrons. The van der Waals surface area contributed by atoms with Gasteiger partial charge in [0.15, 0.2) is 0 Å². The molecule has 0 saturated carbocycles. The van der Waals surface area contributed by atoms with Crippen LogP contribution in [0.15, 0.2) is 6.07 Å². The molecule has 6 heteroatoms. The van der Waals surface area contributed by atoms with Crippen molar-refractivity contribution in [2.45, 2.75) is 46.5 Å². The Balaban J connectivity index is 2.70. The highest BCUT2D eigenvalue weighted by Crippen LogP contribution is 2.21. The molecule has 0 saturated heterocycles. The smallest absolute Gasteiger partial charge is 0.145 e. The Morgan fingerprint density at radius 1 is 1.14 bits per heavy atom. The van der Waals surface area contributed by atoms with Gasteiger partial charge >= 0.3 is 0 Å². The van der Waals surface area contributed by atoms with E-state index in [1.807, 2.05) is 6.07 Å². The van der Waals surface area contributed by atoms with E-state index in [0.717, 1.165) is 37.8 Å². The Labute approximate surface area is 128 Å². The van der Waals surface area contributed by atoms with Crippen molar-refractivity contribution in [3.8, 4) is 0 Å². The number of aromatic nitrogens is 2. The van der Waals surface area contributed by atoms with E-state index in [1.165, 1.54) is 6.42 Å². The lowest BCUT2D eigenvalue weighted by molar-refractivity contribution is 0.300. The minimum absolute atomic E-state index is 0.110. The maximum absolute atomic E-state index is 5.49. The first-order chi connectivity index (χ1) is 9.90. The van der Waals surface area contributed by atoms with E-state index < -0.39 is 0 Å². The highest BCUT2D eigenvalue weighted by molar-refractivity contribution is 5.47. The molecule has 0 amide bonds. The zero-order chi connectivity index (χ0) is 15.9. The fraction of sp³-hybridized carbons (Fsp3) is 0.733. The molecule has 21 heavy (non-hydrogen) atoms. The Kier molecular flexibility index (Phi) is 6.84. The van der Waals surface area contributed by atoms with Crippen LogP contribution in [-0.2, 0) is 5.41 Å². The summed E-state index contributed by atoms with van der Waals surface area (Å²) in [5, 5.41) is 3.37. The van der Waals surface area contributed by atoms with Gasteiger partial charge in [0.2, 0.25) is 0 Å². The predicted molar refractivity (Wildman–Crippen MR) is 89.4 cm³/mol. The summed E-state index contributed by atoms with van der Waals surface area (Å²) in [7, 11) is 0. The molecule has 0 unspecified atom stereocenters. The number of nitrogens with one attached hydrogen (secondary N) is 2. The number of likely N-dealkylation sites (N-methyl/N-ethyl adjacent to an activating group) is 1. The highest BCUT2D eigenvalue weighted by Gasteiger charge is 2.19. The van der Waals surface area contributed by atoms with E-state index >= 15 is 0 Å². The summed E-state index contributed by atoms with van der Waals surface area (Å²) in [6.07, 6.45) is 1.18. The van der Waals surface area contributed by atoms with Gasteiger partial charge in [-0.05, 0) is 19.5 Å². The lowest BCUT2D eigenvalue weighted by Crippen LogP contribution is -2.30. The molecule has 0 aliphatic rings. The standard InChI is InChI=1S/C15H30N6/c1-6-9-21(7-2)10-8-17-12-11-13(20-16)19-14(18-12)15(3,4)5/h11H,6-10,16H2,1-5H3,(H2,17,18,19,20). The van der Waals surface area contributed by atoms with Crippen molar-refractivity contribution in [3.05, 3.63) is 11.9 Å². The molecular formula is C15H30N6. The third kappa shape index (κ3) is 5.85. The molecule has 0 bridgehead atoms. The summed E-state index contributed by atoms with van der Waals surface area (Å²) < 4.78 is 0. The molecular weight excluding hydrogens is 264 g/mol.